The third-order valence-electron chi connectivity index (χ3n) is 3.21. The molecule has 21 heavy (non-hydrogen) atoms. The Morgan fingerprint density at radius 3 is 2.33 bits per heavy atom. The lowest BCUT2D eigenvalue weighted by atomic mass is 10.2. The Kier molecular flexibility index (Phi) is 4.80. The maximum absolute atomic E-state index is 12.1. The molecule has 1 aromatic rings. The number of rotatable bonds is 5. The first-order chi connectivity index (χ1) is 9.68. The Morgan fingerprint density at radius 2 is 1.86 bits per heavy atom. The van der Waals surface area contributed by atoms with Crippen LogP contribution in [0.4, 0.5) is 0 Å². The molecule has 116 valence electrons. The number of hydrogen-bond acceptors (Lipinski definition) is 4. The van der Waals surface area contributed by atoms with Gasteiger partial charge in [0.05, 0.1) is 16.9 Å². The monoisotopic (exact) mass is 327 g/mol. The molecule has 0 bridgehead atoms. The average molecular weight is 327 g/mol. The fourth-order valence-electron chi connectivity index (χ4n) is 1.72. The molecular formula is C15H21NO3S2. The van der Waals surface area contributed by atoms with E-state index in [1.165, 1.54) is 6.21 Å². The van der Waals surface area contributed by atoms with Gasteiger partial charge in [-0.15, -0.1) is 0 Å². The Morgan fingerprint density at radius 1 is 1.29 bits per heavy atom. The molecule has 1 aliphatic carbocycles. The molecule has 1 fully saturated rings. The van der Waals surface area contributed by atoms with Gasteiger partial charge in [-0.1, -0.05) is 16.5 Å². The number of nitrogens with zero attached hydrogens (tertiary/aromatic N) is 1. The van der Waals surface area contributed by atoms with E-state index in [2.05, 4.69) is 4.40 Å². The summed E-state index contributed by atoms with van der Waals surface area (Å²) in [5, 5.41) is 0. The Labute approximate surface area is 129 Å². The van der Waals surface area contributed by atoms with Gasteiger partial charge in [-0.3, -0.25) is 0 Å². The predicted molar refractivity (Wildman–Crippen MR) is 86.7 cm³/mol. The van der Waals surface area contributed by atoms with Gasteiger partial charge in [-0.05, 0) is 57.2 Å². The maximum atomic E-state index is 12.1. The molecule has 0 N–H and O–H groups in total. The molecule has 0 amide bonds. The minimum absolute atomic E-state index is 0.245. The van der Waals surface area contributed by atoms with Crippen LogP contribution in [0, 0.1) is 5.92 Å². The van der Waals surface area contributed by atoms with Crippen LogP contribution in [-0.2, 0) is 21.2 Å². The highest BCUT2D eigenvalue weighted by atomic mass is 32.2. The minimum Gasteiger partial charge on any atom is -0.591 e. The van der Waals surface area contributed by atoms with E-state index >= 15 is 0 Å². The Balaban J connectivity index is 2.07. The molecule has 4 nitrogen and oxygen atoms in total. The molecule has 0 aromatic heterocycles. The van der Waals surface area contributed by atoms with Crippen LogP contribution in [0.25, 0.3) is 0 Å². The summed E-state index contributed by atoms with van der Waals surface area (Å²) < 4.78 is 39.6. The second-order valence-corrected chi connectivity index (χ2v) is 10.4. The summed E-state index contributed by atoms with van der Waals surface area (Å²) in [5.74, 6) is 0.583. The van der Waals surface area contributed by atoms with Crippen LogP contribution >= 0.6 is 0 Å². The second kappa shape index (κ2) is 6.10. The standard InChI is InChI=1S/C15H21NO3S2/c1-15(2,3)20(17)16-10-12-6-8-14(9-7-12)21(18,19)11-13-4-5-13/h6-10,13H,4-5,11H2,1-3H3. The molecule has 0 aliphatic heterocycles. The topological polar surface area (TPSA) is 69.6 Å². The highest BCUT2D eigenvalue weighted by Gasteiger charge is 2.29. The fourth-order valence-corrected chi connectivity index (χ4v) is 3.95. The van der Waals surface area contributed by atoms with Gasteiger partial charge in [-0.25, -0.2) is 8.42 Å². The molecule has 6 heteroatoms. The zero-order valence-corrected chi connectivity index (χ0v) is 14.2. The van der Waals surface area contributed by atoms with E-state index < -0.39 is 25.9 Å². The Bertz CT molecular complexity index is 611. The van der Waals surface area contributed by atoms with E-state index in [0.29, 0.717) is 10.8 Å². The predicted octanol–water partition coefficient (Wildman–Crippen LogP) is 2.75. The van der Waals surface area contributed by atoms with Crippen molar-refractivity contribution in [2.24, 2.45) is 10.3 Å². The van der Waals surface area contributed by atoms with Crippen molar-refractivity contribution in [2.45, 2.75) is 43.3 Å². The van der Waals surface area contributed by atoms with Crippen molar-refractivity contribution in [3.63, 3.8) is 0 Å². The van der Waals surface area contributed by atoms with Crippen LogP contribution in [0.1, 0.15) is 39.2 Å². The van der Waals surface area contributed by atoms with Crippen molar-refractivity contribution in [1.29, 1.82) is 0 Å². The molecular weight excluding hydrogens is 306 g/mol. The highest BCUT2D eigenvalue weighted by Crippen LogP contribution is 2.32. The summed E-state index contributed by atoms with van der Waals surface area (Å²) >= 11 is -1.31. The van der Waals surface area contributed by atoms with Gasteiger partial charge < -0.3 is 4.55 Å². The third kappa shape index (κ3) is 4.83. The largest absolute Gasteiger partial charge is 0.591 e. The molecule has 0 radical (unpaired) electrons. The third-order valence-corrected chi connectivity index (χ3v) is 6.46. The van der Waals surface area contributed by atoms with E-state index in [1.54, 1.807) is 24.3 Å². The summed E-state index contributed by atoms with van der Waals surface area (Å²) in [6.45, 7) is 5.57. The molecule has 1 aromatic carbocycles. The zero-order valence-electron chi connectivity index (χ0n) is 12.6. The summed E-state index contributed by atoms with van der Waals surface area (Å²) in [6.07, 6.45) is 3.56. The van der Waals surface area contributed by atoms with E-state index in [1.807, 2.05) is 20.8 Å². The van der Waals surface area contributed by atoms with Gasteiger partial charge in [0.15, 0.2) is 9.84 Å². The van der Waals surface area contributed by atoms with Gasteiger partial charge in [0.1, 0.15) is 16.1 Å². The molecule has 0 heterocycles. The first-order valence-corrected chi connectivity index (χ1v) is 9.73. The molecule has 1 unspecified atom stereocenters. The van der Waals surface area contributed by atoms with E-state index in [-0.39, 0.29) is 5.75 Å². The maximum Gasteiger partial charge on any atom is 0.178 e. The summed E-state index contributed by atoms with van der Waals surface area (Å²) in [5.41, 5.74) is 0.748. The van der Waals surface area contributed by atoms with E-state index in [4.69, 9.17) is 0 Å². The van der Waals surface area contributed by atoms with Crippen molar-refractivity contribution in [1.82, 2.24) is 0 Å². The minimum atomic E-state index is -3.17. The van der Waals surface area contributed by atoms with Crippen LogP contribution in [0.3, 0.4) is 0 Å². The zero-order chi connectivity index (χ0) is 15.7. The first-order valence-electron chi connectivity index (χ1n) is 6.97. The molecule has 0 saturated heterocycles. The first kappa shape index (κ1) is 16.5. The van der Waals surface area contributed by atoms with Gasteiger partial charge in [0.2, 0.25) is 0 Å². The molecule has 0 spiro atoms. The quantitative estimate of drug-likeness (QED) is 0.617. The van der Waals surface area contributed by atoms with Gasteiger partial charge >= 0.3 is 0 Å². The summed E-state index contributed by atoms with van der Waals surface area (Å²) in [4.78, 5) is 0.350. The van der Waals surface area contributed by atoms with Gasteiger partial charge in [-0.2, -0.15) is 0 Å². The number of hydrogen-bond donors (Lipinski definition) is 0. The van der Waals surface area contributed by atoms with Crippen LogP contribution in [-0.4, -0.2) is 29.7 Å². The molecule has 1 aliphatic rings. The average Bonchev–Trinajstić information content (AvgIpc) is 3.18. The van der Waals surface area contributed by atoms with Crippen molar-refractivity contribution in [3.05, 3.63) is 29.8 Å². The SMILES string of the molecule is CC(C)(C)[S+]([O-])N=Cc1ccc(S(=O)(=O)CC2CC2)cc1. The van der Waals surface area contributed by atoms with Crippen LogP contribution in [0.5, 0.6) is 0 Å². The number of sulfone groups is 1. The van der Waals surface area contributed by atoms with Crippen molar-refractivity contribution < 1.29 is 13.0 Å². The van der Waals surface area contributed by atoms with Crippen LogP contribution in [0.2, 0.25) is 0 Å². The molecule has 2 rings (SSSR count). The highest BCUT2D eigenvalue weighted by molar-refractivity contribution is 7.91. The Hall–Kier alpha value is -0.850. The van der Waals surface area contributed by atoms with E-state index in [0.717, 1.165) is 18.4 Å². The van der Waals surface area contributed by atoms with Crippen LogP contribution < -0.4 is 0 Å². The lowest BCUT2D eigenvalue weighted by Gasteiger charge is -2.17. The van der Waals surface area contributed by atoms with E-state index in [9.17, 15) is 13.0 Å². The summed E-state index contributed by atoms with van der Waals surface area (Å²) in [7, 11) is -3.17. The van der Waals surface area contributed by atoms with Crippen molar-refractivity contribution >= 4 is 27.4 Å². The second-order valence-electron chi connectivity index (χ2n) is 6.39. The smallest absolute Gasteiger partial charge is 0.178 e. The van der Waals surface area contributed by atoms with Crippen molar-refractivity contribution in [3.8, 4) is 0 Å². The number of benzene rings is 1. The lowest BCUT2D eigenvalue weighted by molar-refractivity contribution is 0.562. The lowest BCUT2D eigenvalue weighted by Crippen LogP contribution is -2.25. The molecule has 1 saturated carbocycles. The summed E-state index contributed by atoms with van der Waals surface area (Å²) in [6, 6.07) is 6.59. The normalized spacial score (nSPS) is 18.1. The van der Waals surface area contributed by atoms with Crippen LogP contribution in [0.15, 0.2) is 33.6 Å². The fraction of sp³-hybridized carbons (Fsp3) is 0.533. The van der Waals surface area contributed by atoms with Gasteiger partial charge in [0.25, 0.3) is 0 Å². The molecule has 1 atom stereocenters. The van der Waals surface area contributed by atoms with Gasteiger partial charge in [0, 0.05) is 0 Å². The van der Waals surface area contributed by atoms with Crippen molar-refractivity contribution in [2.75, 3.05) is 5.75 Å².